The van der Waals surface area contributed by atoms with Crippen LogP contribution in [0, 0.1) is 5.82 Å². The number of rotatable bonds is 6. The molecule has 5 heteroatoms. The summed E-state index contributed by atoms with van der Waals surface area (Å²) < 4.78 is 19.0. The van der Waals surface area contributed by atoms with Crippen molar-refractivity contribution in [2.75, 3.05) is 20.2 Å². The van der Waals surface area contributed by atoms with E-state index in [9.17, 15) is 4.39 Å². The summed E-state index contributed by atoms with van der Waals surface area (Å²) in [5, 5.41) is 0. The van der Waals surface area contributed by atoms with E-state index in [1.807, 2.05) is 0 Å². The zero-order valence-electron chi connectivity index (χ0n) is 10.0. The van der Waals surface area contributed by atoms with Crippen LogP contribution in [-0.2, 0) is 6.54 Å². The fourth-order valence-electron chi connectivity index (χ4n) is 1.70. The van der Waals surface area contributed by atoms with E-state index in [0.29, 0.717) is 18.2 Å². The van der Waals surface area contributed by atoms with Crippen molar-refractivity contribution < 1.29 is 9.13 Å². The summed E-state index contributed by atoms with van der Waals surface area (Å²) in [4.78, 5) is 6.10. The van der Waals surface area contributed by atoms with E-state index in [1.165, 1.54) is 19.0 Å². The molecule has 1 aromatic heterocycles. The Kier molecular flexibility index (Phi) is 3.91. The van der Waals surface area contributed by atoms with Crippen molar-refractivity contribution in [3.05, 3.63) is 23.6 Å². The first-order valence-corrected chi connectivity index (χ1v) is 5.89. The van der Waals surface area contributed by atoms with Crippen molar-refractivity contribution in [2.24, 2.45) is 5.73 Å². The number of halogens is 1. The summed E-state index contributed by atoms with van der Waals surface area (Å²) in [6.45, 7) is 1.40. The number of nitrogens with zero attached hydrogens (tertiary/aromatic N) is 2. The smallest absolute Gasteiger partial charge is 0.250 e. The van der Waals surface area contributed by atoms with Crippen LogP contribution in [0.1, 0.15) is 18.4 Å². The third-order valence-corrected chi connectivity index (χ3v) is 3.01. The molecule has 94 valence electrons. The molecule has 1 aliphatic carbocycles. The van der Waals surface area contributed by atoms with Crippen LogP contribution in [0.15, 0.2) is 12.3 Å². The van der Waals surface area contributed by atoms with E-state index in [-0.39, 0.29) is 12.4 Å². The third kappa shape index (κ3) is 3.14. The highest BCUT2D eigenvalue weighted by atomic mass is 19.1. The van der Waals surface area contributed by atoms with E-state index in [0.717, 1.165) is 6.54 Å². The molecular weight excluding hydrogens is 221 g/mol. The molecule has 2 rings (SSSR count). The second-order valence-corrected chi connectivity index (χ2v) is 4.35. The molecule has 0 unspecified atom stereocenters. The van der Waals surface area contributed by atoms with Crippen LogP contribution in [0.25, 0.3) is 0 Å². The van der Waals surface area contributed by atoms with E-state index >= 15 is 0 Å². The van der Waals surface area contributed by atoms with Gasteiger partial charge in [0.15, 0.2) is 5.82 Å². The van der Waals surface area contributed by atoms with Crippen molar-refractivity contribution in [3.8, 4) is 5.88 Å². The molecule has 0 aromatic carbocycles. The molecule has 1 aromatic rings. The van der Waals surface area contributed by atoms with Crippen molar-refractivity contribution >= 4 is 0 Å². The Bertz CT molecular complexity index is 382. The van der Waals surface area contributed by atoms with Gasteiger partial charge in [-0.15, -0.1) is 0 Å². The summed E-state index contributed by atoms with van der Waals surface area (Å²) in [5.41, 5.74) is 5.85. The maximum atomic E-state index is 13.7. The van der Waals surface area contributed by atoms with Gasteiger partial charge in [0.25, 0.3) is 5.88 Å². The third-order valence-electron chi connectivity index (χ3n) is 3.01. The van der Waals surface area contributed by atoms with Gasteiger partial charge in [0.2, 0.25) is 0 Å². The van der Waals surface area contributed by atoms with Gasteiger partial charge < -0.3 is 15.4 Å². The van der Waals surface area contributed by atoms with Crippen molar-refractivity contribution in [2.45, 2.75) is 25.4 Å². The van der Waals surface area contributed by atoms with Gasteiger partial charge in [0, 0.05) is 30.9 Å². The Morgan fingerprint density at radius 1 is 1.59 bits per heavy atom. The number of ether oxygens (including phenoxy) is 1. The molecule has 17 heavy (non-hydrogen) atoms. The first-order chi connectivity index (χ1) is 8.22. The monoisotopic (exact) mass is 239 g/mol. The number of likely N-dealkylation sites (N-methyl/N-ethyl adjacent to an activating group) is 1. The van der Waals surface area contributed by atoms with Crippen LogP contribution in [0.5, 0.6) is 5.88 Å². The fraction of sp³-hybridized carbons (Fsp3) is 0.583. The molecule has 0 aliphatic heterocycles. The topological polar surface area (TPSA) is 51.4 Å². The molecule has 1 heterocycles. The molecule has 1 fully saturated rings. The minimum Gasteiger partial charge on any atom is -0.474 e. The molecule has 0 spiro atoms. The standard InChI is InChI=1S/C12H18FN3O/c1-16(10-2-3-10)6-7-17-12-11(13)9(8-14)4-5-15-12/h4-5,10H,2-3,6-8,14H2,1H3. The number of hydrogen-bond acceptors (Lipinski definition) is 4. The van der Waals surface area contributed by atoms with Crippen LogP contribution < -0.4 is 10.5 Å². The first-order valence-electron chi connectivity index (χ1n) is 5.89. The number of aromatic nitrogens is 1. The highest BCUT2D eigenvalue weighted by Crippen LogP contribution is 2.25. The lowest BCUT2D eigenvalue weighted by Crippen LogP contribution is -2.26. The molecule has 0 bridgehead atoms. The molecule has 4 nitrogen and oxygen atoms in total. The lowest BCUT2D eigenvalue weighted by Gasteiger charge is -2.15. The average Bonchev–Trinajstić information content (AvgIpc) is 3.15. The molecule has 0 radical (unpaired) electrons. The van der Waals surface area contributed by atoms with Gasteiger partial charge in [-0.1, -0.05) is 0 Å². The largest absolute Gasteiger partial charge is 0.474 e. The number of pyridine rings is 1. The Labute approximate surface area is 101 Å². The van der Waals surface area contributed by atoms with Crippen LogP contribution in [0.4, 0.5) is 4.39 Å². The normalized spacial score (nSPS) is 15.3. The molecular formula is C12H18FN3O. The van der Waals surface area contributed by atoms with Gasteiger partial charge in [-0.3, -0.25) is 0 Å². The Balaban J connectivity index is 1.85. The molecule has 0 amide bonds. The lowest BCUT2D eigenvalue weighted by molar-refractivity contribution is 0.219. The minimum atomic E-state index is -0.441. The maximum absolute atomic E-state index is 13.7. The Hall–Kier alpha value is -1.20. The predicted molar refractivity (Wildman–Crippen MR) is 63.2 cm³/mol. The quantitative estimate of drug-likeness (QED) is 0.809. The highest BCUT2D eigenvalue weighted by molar-refractivity contribution is 5.23. The summed E-state index contributed by atoms with van der Waals surface area (Å²) in [6.07, 6.45) is 4.03. The van der Waals surface area contributed by atoms with Crippen molar-refractivity contribution in [1.29, 1.82) is 0 Å². The molecule has 1 aliphatic rings. The highest BCUT2D eigenvalue weighted by Gasteiger charge is 2.25. The molecule has 1 saturated carbocycles. The van der Waals surface area contributed by atoms with Crippen molar-refractivity contribution in [3.63, 3.8) is 0 Å². The number of hydrogen-bond donors (Lipinski definition) is 1. The SMILES string of the molecule is CN(CCOc1nccc(CN)c1F)C1CC1. The van der Waals surface area contributed by atoms with Gasteiger partial charge in [-0.2, -0.15) is 0 Å². The van der Waals surface area contributed by atoms with Gasteiger partial charge in [0.1, 0.15) is 6.61 Å². The van der Waals surface area contributed by atoms with E-state index < -0.39 is 5.82 Å². The van der Waals surface area contributed by atoms with E-state index in [4.69, 9.17) is 10.5 Å². The first kappa shape index (κ1) is 12.3. The van der Waals surface area contributed by atoms with Gasteiger partial charge >= 0.3 is 0 Å². The predicted octanol–water partition coefficient (Wildman–Crippen LogP) is 1.15. The summed E-state index contributed by atoms with van der Waals surface area (Å²) >= 11 is 0. The Morgan fingerprint density at radius 3 is 3.00 bits per heavy atom. The van der Waals surface area contributed by atoms with E-state index in [1.54, 1.807) is 6.07 Å². The summed E-state index contributed by atoms with van der Waals surface area (Å²) in [5.74, 6) is -0.388. The summed E-state index contributed by atoms with van der Waals surface area (Å²) in [7, 11) is 2.06. The fourth-order valence-corrected chi connectivity index (χ4v) is 1.70. The van der Waals surface area contributed by atoms with Crippen LogP contribution >= 0.6 is 0 Å². The average molecular weight is 239 g/mol. The second-order valence-electron chi connectivity index (χ2n) is 4.35. The minimum absolute atomic E-state index is 0.0529. The molecule has 0 atom stereocenters. The van der Waals surface area contributed by atoms with Gasteiger partial charge in [-0.25, -0.2) is 9.37 Å². The van der Waals surface area contributed by atoms with Gasteiger partial charge in [0.05, 0.1) is 0 Å². The molecule has 2 N–H and O–H groups in total. The lowest BCUT2D eigenvalue weighted by atomic mass is 10.2. The molecule has 0 saturated heterocycles. The van der Waals surface area contributed by atoms with Crippen LogP contribution in [0.3, 0.4) is 0 Å². The van der Waals surface area contributed by atoms with E-state index in [2.05, 4.69) is 16.9 Å². The van der Waals surface area contributed by atoms with Crippen LogP contribution in [-0.4, -0.2) is 36.1 Å². The van der Waals surface area contributed by atoms with Crippen LogP contribution in [0.2, 0.25) is 0 Å². The zero-order valence-corrected chi connectivity index (χ0v) is 10.0. The van der Waals surface area contributed by atoms with Gasteiger partial charge in [-0.05, 0) is 26.0 Å². The second kappa shape index (κ2) is 5.42. The maximum Gasteiger partial charge on any atom is 0.250 e. The zero-order chi connectivity index (χ0) is 12.3. The van der Waals surface area contributed by atoms with Crippen molar-refractivity contribution in [1.82, 2.24) is 9.88 Å². The number of nitrogens with two attached hydrogens (primary N) is 1. The summed E-state index contributed by atoms with van der Waals surface area (Å²) in [6, 6.07) is 2.25. The Morgan fingerprint density at radius 2 is 2.35 bits per heavy atom.